The monoisotopic (exact) mass is 374 g/mol. The van der Waals surface area contributed by atoms with Crippen LogP contribution in [0.5, 0.6) is 0 Å². The molecule has 0 saturated carbocycles. The summed E-state index contributed by atoms with van der Waals surface area (Å²) in [7, 11) is 0. The first kappa shape index (κ1) is 12.7. The number of carbonyl (C=O) groups excluding carboxylic acids is 1. The zero-order valence-corrected chi connectivity index (χ0v) is 12.6. The second-order valence-electron chi connectivity index (χ2n) is 3.33. The molecule has 3 nitrogen and oxygen atoms in total. The molecular weight excluding hydrogens is 368 g/mol. The maximum Gasteiger partial charge on any atom is 0.253 e. The Bertz CT molecular complexity index is 542. The molecule has 88 valence electrons. The number of amides is 1. The molecule has 2 heterocycles. The van der Waals surface area contributed by atoms with Crippen LogP contribution in [0.4, 0.5) is 0 Å². The molecule has 0 aromatic carbocycles. The predicted molar refractivity (Wildman–Crippen MR) is 75.1 cm³/mol. The molecule has 0 atom stereocenters. The number of nitrogens with one attached hydrogen (secondary N) is 1. The maximum absolute atomic E-state index is 11.8. The number of pyridine rings is 1. The van der Waals surface area contributed by atoms with Crippen molar-refractivity contribution < 1.29 is 4.79 Å². The van der Waals surface area contributed by atoms with Gasteiger partial charge in [-0.15, -0.1) is 11.3 Å². The van der Waals surface area contributed by atoms with Crippen molar-refractivity contribution in [3.63, 3.8) is 0 Å². The quantitative estimate of drug-likeness (QED) is 0.890. The first-order chi connectivity index (χ1) is 8.15. The topological polar surface area (TPSA) is 42.0 Å². The van der Waals surface area contributed by atoms with Crippen LogP contribution in [-0.4, -0.2) is 10.9 Å². The van der Waals surface area contributed by atoms with Crippen molar-refractivity contribution in [1.29, 1.82) is 0 Å². The van der Waals surface area contributed by atoms with Gasteiger partial charge in [0.15, 0.2) is 0 Å². The minimum absolute atomic E-state index is 0.124. The van der Waals surface area contributed by atoms with Crippen molar-refractivity contribution >= 4 is 49.1 Å². The zero-order valence-electron chi connectivity index (χ0n) is 8.61. The van der Waals surface area contributed by atoms with Crippen molar-refractivity contribution in [2.45, 2.75) is 6.54 Å². The van der Waals surface area contributed by atoms with Gasteiger partial charge in [0.2, 0.25) is 0 Å². The van der Waals surface area contributed by atoms with E-state index in [1.54, 1.807) is 29.8 Å². The number of hydrogen-bond acceptors (Lipinski definition) is 3. The van der Waals surface area contributed by atoms with Gasteiger partial charge in [-0.25, -0.2) is 0 Å². The Kier molecular flexibility index (Phi) is 4.31. The van der Waals surface area contributed by atoms with E-state index in [9.17, 15) is 4.79 Å². The summed E-state index contributed by atoms with van der Waals surface area (Å²) in [6.45, 7) is 0.521. The van der Waals surface area contributed by atoms with E-state index in [1.807, 2.05) is 11.4 Å². The van der Waals surface area contributed by atoms with E-state index in [-0.39, 0.29) is 5.91 Å². The van der Waals surface area contributed by atoms with E-state index in [2.05, 4.69) is 42.2 Å². The smallest absolute Gasteiger partial charge is 0.253 e. The molecule has 0 aliphatic carbocycles. The summed E-state index contributed by atoms with van der Waals surface area (Å²) in [5.74, 6) is -0.124. The van der Waals surface area contributed by atoms with Gasteiger partial charge in [0.25, 0.3) is 5.91 Å². The molecular formula is C11H8Br2N2OS. The van der Waals surface area contributed by atoms with Crippen molar-refractivity contribution in [2.24, 2.45) is 0 Å². The molecule has 0 radical (unpaired) electrons. The van der Waals surface area contributed by atoms with Gasteiger partial charge in [-0.2, -0.15) is 0 Å². The third-order valence-corrected chi connectivity index (χ3v) is 4.03. The Morgan fingerprint density at radius 3 is 2.82 bits per heavy atom. The summed E-state index contributed by atoms with van der Waals surface area (Å²) in [6.07, 6.45) is 3.19. The molecule has 17 heavy (non-hydrogen) atoms. The Labute approximate surface area is 120 Å². The number of carbonyl (C=O) groups is 1. The van der Waals surface area contributed by atoms with E-state index >= 15 is 0 Å². The summed E-state index contributed by atoms with van der Waals surface area (Å²) in [5.41, 5.74) is 1.63. The number of rotatable bonds is 3. The molecule has 2 aromatic rings. The van der Waals surface area contributed by atoms with Gasteiger partial charge < -0.3 is 5.32 Å². The molecule has 0 unspecified atom stereocenters. The van der Waals surface area contributed by atoms with E-state index in [0.29, 0.717) is 12.1 Å². The number of aromatic nitrogens is 1. The van der Waals surface area contributed by atoms with Gasteiger partial charge in [-0.3, -0.25) is 9.78 Å². The Hall–Kier alpha value is -0.720. The van der Waals surface area contributed by atoms with Crippen LogP contribution < -0.4 is 5.32 Å². The van der Waals surface area contributed by atoms with Gasteiger partial charge in [0.05, 0.1) is 9.35 Å². The molecule has 0 spiro atoms. The SMILES string of the molecule is O=C(NCc1csc(Br)c1)c1cncc(Br)c1. The lowest BCUT2D eigenvalue weighted by atomic mass is 10.2. The van der Waals surface area contributed by atoms with Crippen molar-refractivity contribution in [2.75, 3.05) is 0 Å². The van der Waals surface area contributed by atoms with Crippen molar-refractivity contribution in [3.05, 3.63) is 49.3 Å². The molecule has 1 amide bonds. The molecule has 0 saturated heterocycles. The summed E-state index contributed by atoms with van der Waals surface area (Å²) in [4.78, 5) is 15.7. The van der Waals surface area contributed by atoms with E-state index < -0.39 is 0 Å². The first-order valence-corrected chi connectivity index (χ1v) is 7.23. The zero-order chi connectivity index (χ0) is 12.3. The second kappa shape index (κ2) is 5.75. The van der Waals surface area contributed by atoms with E-state index in [0.717, 1.165) is 13.8 Å². The minimum atomic E-state index is -0.124. The Morgan fingerprint density at radius 1 is 1.35 bits per heavy atom. The van der Waals surface area contributed by atoms with Gasteiger partial charge in [0, 0.05) is 23.4 Å². The van der Waals surface area contributed by atoms with Crippen LogP contribution in [0.25, 0.3) is 0 Å². The predicted octanol–water partition coefficient (Wildman–Crippen LogP) is 3.60. The van der Waals surface area contributed by atoms with Gasteiger partial charge in [-0.1, -0.05) is 0 Å². The van der Waals surface area contributed by atoms with Crippen LogP contribution in [0.2, 0.25) is 0 Å². The van der Waals surface area contributed by atoms with Gasteiger partial charge >= 0.3 is 0 Å². The molecule has 1 N–H and O–H groups in total. The molecule has 0 aliphatic rings. The molecule has 6 heteroatoms. The van der Waals surface area contributed by atoms with Gasteiger partial charge in [-0.05, 0) is 54.9 Å². The summed E-state index contributed by atoms with van der Waals surface area (Å²) < 4.78 is 1.86. The van der Waals surface area contributed by atoms with E-state index in [1.165, 1.54) is 0 Å². The van der Waals surface area contributed by atoms with Crippen molar-refractivity contribution in [1.82, 2.24) is 10.3 Å². The van der Waals surface area contributed by atoms with Crippen LogP contribution in [0.3, 0.4) is 0 Å². The summed E-state index contributed by atoms with van der Waals surface area (Å²) >= 11 is 8.27. The lowest BCUT2D eigenvalue weighted by molar-refractivity contribution is 0.0950. The third-order valence-electron chi connectivity index (χ3n) is 2.04. The van der Waals surface area contributed by atoms with E-state index in [4.69, 9.17) is 0 Å². The van der Waals surface area contributed by atoms with Crippen LogP contribution in [0.15, 0.2) is 38.2 Å². The molecule has 2 rings (SSSR count). The summed E-state index contributed by atoms with van der Waals surface area (Å²) in [6, 6.07) is 3.73. The van der Waals surface area contributed by atoms with Crippen LogP contribution >= 0.6 is 43.2 Å². The highest BCUT2D eigenvalue weighted by Gasteiger charge is 2.06. The Morgan fingerprint density at radius 2 is 2.18 bits per heavy atom. The second-order valence-corrected chi connectivity index (χ2v) is 6.54. The molecule has 0 fully saturated rings. The fourth-order valence-corrected chi connectivity index (χ4v) is 2.83. The fraction of sp³-hybridized carbons (Fsp3) is 0.0909. The minimum Gasteiger partial charge on any atom is -0.348 e. The number of nitrogens with zero attached hydrogens (tertiary/aromatic N) is 1. The fourth-order valence-electron chi connectivity index (χ4n) is 1.26. The van der Waals surface area contributed by atoms with Crippen LogP contribution in [0, 0.1) is 0 Å². The average molecular weight is 376 g/mol. The normalized spacial score (nSPS) is 10.2. The highest BCUT2D eigenvalue weighted by Crippen LogP contribution is 2.20. The highest BCUT2D eigenvalue weighted by atomic mass is 79.9. The Balaban J connectivity index is 1.98. The van der Waals surface area contributed by atoms with Crippen molar-refractivity contribution in [3.8, 4) is 0 Å². The molecule has 2 aromatic heterocycles. The van der Waals surface area contributed by atoms with Crippen LogP contribution in [-0.2, 0) is 6.54 Å². The number of thiophene rings is 1. The van der Waals surface area contributed by atoms with Gasteiger partial charge in [0.1, 0.15) is 0 Å². The standard InChI is InChI=1S/C11H8Br2N2OS/c12-9-2-8(4-14-5-9)11(16)15-3-7-1-10(13)17-6-7/h1-2,4-6H,3H2,(H,15,16). The lowest BCUT2D eigenvalue weighted by Crippen LogP contribution is -2.22. The van der Waals surface area contributed by atoms with Crippen LogP contribution in [0.1, 0.15) is 15.9 Å². The highest BCUT2D eigenvalue weighted by molar-refractivity contribution is 9.11. The summed E-state index contributed by atoms with van der Waals surface area (Å²) in [5, 5.41) is 4.85. The largest absolute Gasteiger partial charge is 0.348 e. The molecule has 0 bridgehead atoms. The average Bonchev–Trinajstić information content (AvgIpc) is 2.72. The number of halogens is 2. The first-order valence-electron chi connectivity index (χ1n) is 4.77. The molecule has 0 aliphatic heterocycles. The maximum atomic E-state index is 11.8. The number of hydrogen-bond donors (Lipinski definition) is 1. The lowest BCUT2D eigenvalue weighted by Gasteiger charge is -2.03. The third kappa shape index (κ3) is 3.62.